The van der Waals surface area contributed by atoms with Crippen LogP contribution in [0.3, 0.4) is 0 Å². The number of carbonyl (C=O) groups is 1. The lowest BCUT2D eigenvalue weighted by atomic mass is 10.1. The van der Waals surface area contributed by atoms with Gasteiger partial charge in [0.25, 0.3) is 10.0 Å². The Morgan fingerprint density at radius 2 is 1.89 bits per heavy atom. The molecule has 0 fully saturated rings. The maximum Gasteiger partial charge on any atom is 0.410 e. The van der Waals surface area contributed by atoms with Gasteiger partial charge in [0.2, 0.25) is 0 Å². The Morgan fingerprint density at radius 3 is 2.50 bits per heavy atom. The smallest absolute Gasteiger partial charge is 0.410 e. The molecule has 0 radical (unpaired) electrons. The van der Waals surface area contributed by atoms with Crippen molar-refractivity contribution >= 4 is 21.9 Å². The zero-order valence-corrected chi connectivity index (χ0v) is 17.0. The first kappa shape index (κ1) is 20.1. The van der Waals surface area contributed by atoms with Crippen LogP contribution in [0.2, 0.25) is 0 Å². The summed E-state index contributed by atoms with van der Waals surface area (Å²) in [5.41, 5.74) is 0.712. The monoisotopic (exact) mass is 410 g/mol. The normalized spacial score (nSPS) is 14.5. The number of benzene rings is 1. The molecule has 2 heterocycles. The third kappa shape index (κ3) is 4.27. The highest BCUT2D eigenvalue weighted by Gasteiger charge is 2.31. The molecule has 8 nitrogen and oxygen atoms in total. The minimum absolute atomic E-state index is 0.0661. The summed E-state index contributed by atoms with van der Waals surface area (Å²) in [6, 6.07) is 4.54. The number of ether oxygens (including phenoxy) is 1. The molecule has 1 aromatic heterocycles. The van der Waals surface area contributed by atoms with E-state index in [1.54, 1.807) is 27.8 Å². The number of fused-ring (bicyclic) bond motifs is 1. The first-order valence-electron chi connectivity index (χ1n) is 8.77. The van der Waals surface area contributed by atoms with Gasteiger partial charge < -0.3 is 9.64 Å². The SMILES string of the molecule is Cn1nc2c(c1NS(=O)(=O)c1ccc(F)cc1)CN(C(=O)OC(C)(C)C)CC2. The van der Waals surface area contributed by atoms with Crippen molar-refractivity contribution in [1.29, 1.82) is 0 Å². The minimum atomic E-state index is -3.93. The lowest BCUT2D eigenvalue weighted by Gasteiger charge is -2.29. The van der Waals surface area contributed by atoms with Gasteiger partial charge in [-0.15, -0.1) is 0 Å². The third-order valence-electron chi connectivity index (χ3n) is 4.20. The van der Waals surface area contributed by atoms with E-state index in [0.717, 1.165) is 17.8 Å². The van der Waals surface area contributed by atoms with Crippen LogP contribution < -0.4 is 4.72 Å². The van der Waals surface area contributed by atoms with E-state index in [1.807, 2.05) is 0 Å². The topological polar surface area (TPSA) is 93.5 Å². The molecule has 0 aliphatic carbocycles. The molecule has 1 aliphatic rings. The van der Waals surface area contributed by atoms with Gasteiger partial charge in [-0.25, -0.2) is 17.6 Å². The highest BCUT2D eigenvalue weighted by molar-refractivity contribution is 7.92. The molecule has 2 aromatic rings. The molecule has 10 heteroatoms. The van der Waals surface area contributed by atoms with E-state index in [-0.39, 0.29) is 17.3 Å². The van der Waals surface area contributed by atoms with Crippen molar-refractivity contribution in [2.24, 2.45) is 7.05 Å². The predicted molar refractivity (Wildman–Crippen MR) is 101 cm³/mol. The molecule has 1 aliphatic heterocycles. The number of aromatic nitrogens is 2. The molecule has 0 bridgehead atoms. The lowest BCUT2D eigenvalue weighted by molar-refractivity contribution is 0.0224. The number of aryl methyl sites for hydroxylation is 1. The zero-order valence-electron chi connectivity index (χ0n) is 16.2. The van der Waals surface area contributed by atoms with Gasteiger partial charge in [-0.3, -0.25) is 9.40 Å². The van der Waals surface area contributed by atoms with Crippen LogP contribution in [0.15, 0.2) is 29.2 Å². The summed E-state index contributed by atoms with van der Waals surface area (Å²) >= 11 is 0. The van der Waals surface area contributed by atoms with Gasteiger partial charge in [0.15, 0.2) is 0 Å². The van der Waals surface area contributed by atoms with Gasteiger partial charge in [-0.05, 0) is 45.0 Å². The van der Waals surface area contributed by atoms with Crippen LogP contribution in [-0.4, -0.2) is 41.3 Å². The van der Waals surface area contributed by atoms with E-state index in [2.05, 4.69) is 9.82 Å². The summed E-state index contributed by atoms with van der Waals surface area (Å²) in [6.07, 6.45) is 0.0232. The van der Waals surface area contributed by atoms with Gasteiger partial charge in [0.05, 0.1) is 17.1 Å². The van der Waals surface area contributed by atoms with E-state index >= 15 is 0 Å². The highest BCUT2D eigenvalue weighted by Crippen LogP contribution is 2.28. The van der Waals surface area contributed by atoms with Gasteiger partial charge in [-0.2, -0.15) is 5.10 Å². The van der Waals surface area contributed by atoms with Crippen molar-refractivity contribution in [1.82, 2.24) is 14.7 Å². The second-order valence-electron chi connectivity index (χ2n) is 7.61. The summed E-state index contributed by atoms with van der Waals surface area (Å²) in [6.45, 7) is 5.97. The first-order valence-corrected chi connectivity index (χ1v) is 10.3. The Balaban J connectivity index is 1.86. The fraction of sp³-hybridized carbons (Fsp3) is 0.444. The van der Waals surface area contributed by atoms with Crippen molar-refractivity contribution in [2.45, 2.75) is 44.2 Å². The maximum atomic E-state index is 13.1. The van der Waals surface area contributed by atoms with E-state index < -0.39 is 27.5 Å². The van der Waals surface area contributed by atoms with Crippen LogP contribution in [0.25, 0.3) is 0 Å². The second-order valence-corrected chi connectivity index (χ2v) is 9.29. The zero-order chi connectivity index (χ0) is 20.7. The molecule has 0 saturated heterocycles. The molecule has 0 spiro atoms. The highest BCUT2D eigenvalue weighted by atomic mass is 32.2. The number of hydrogen-bond acceptors (Lipinski definition) is 5. The number of rotatable bonds is 3. The predicted octanol–water partition coefficient (Wildman–Crippen LogP) is 2.65. The number of nitrogens with zero attached hydrogens (tertiary/aromatic N) is 3. The fourth-order valence-electron chi connectivity index (χ4n) is 2.91. The number of amides is 1. The van der Waals surface area contributed by atoms with Crippen molar-refractivity contribution in [3.8, 4) is 0 Å². The van der Waals surface area contributed by atoms with E-state index in [4.69, 9.17) is 4.74 Å². The van der Waals surface area contributed by atoms with Crippen LogP contribution in [0.5, 0.6) is 0 Å². The van der Waals surface area contributed by atoms with Crippen LogP contribution in [-0.2, 0) is 34.8 Å². The molecule has 1 aromatic carbocycles. The quantitative estimate of drug-likeness (QED) is 0.840. The number of carbonyl (C=O) groups excluding carboxylic acids is 1. The third-order valence-corrected chi connectivity index (χ3v) is 5.56. The van der Waals surface area contributed by atoms with Crippen molar-refractivity contribution in [3.05, 3.63) is 41.3 Å². The molecular weight excluding hydrogens is 387 g/mol. The minimum Gasteiger partial charge on any atom is -0.444 e. The van der Waals surface area contributed by atoms with E-state index in [9.17, 15) is 17.6 Å². The largest absolute Gasteiger partial charge is 0.444 e. The first-order chi connectivity index (χ1) is 13.0. The Morgan fingerprint density at radius 1 is 1.25 bits per heavy atom. The number of halogens is 1. The van der Waals surface area contributed by atoms with Crippen LogP contribution in [0.4, 0.5) is 15.0 Å². The van der Waals surface area contributed by atoms with E-state index in [1.165, 1.54) is 21.7 Å². The average molecular weight is 410 g/mol. The lowest BCUT2D eigenvalue weighted by Crippen LogP contribution is -2.40. The fourth-order valence-corrected chi connectivity index (χ4v) is 4.03. The van der Waals surface area contributed by atoms with Gasteiger partial charge >= 0.3 is 6.09 Å². The van der Waals surface area contributed by atoms with Crippen LogP contribution in [0, 0.1) is 5.82 Å². The molecule has 0 atom stereocenters. The molecule has 1 amide bonds. The molecule has 28 heavy (non-hydrogen) atoms. The molecule has 3 rings (SSSR count). The Kier molecular flexibility index (Phi) is 5.09. The Bertz CT molecular complexity index is 994. The summed E-state index contributed by atoms with van der Waals surface area (Å²) in [5, 5.41) is 4.36. The average Bonchev–Trinajstić information content (AvgIpc) is 2.88. The van der Waals surface area contributed by atoms with Crippen molar-refractivity contribution in [2.75, 3.05) is 11.3 Å². The summed E-state index contributed by atoms with van der Waals surface area (Å²) in [7, 11) is -2.31. The maximum absolute atomic E-state index is 13.1. The number of nitrogens with one attached hydrogen (secondary N) is 1. The summed E-state index contributed by atoms with van der Waals surface area (Å²) in [5.74, 6) is -0.252. The standard InChI is InChI=1S/C18H23FN4O4S/c1-18(2,3)27-17(24)23-10-9-15-14(11-23)16(22(4)20-15)21-28(25,26)13-7-5-12(19)6-8-13/h5-8,21H,9-11H2,1-4H3. The number of hydrogen-bond donors (Lipinski definition) is 1. The molecule has 0 unspecified atom stereocenters. The Hall–Kier alpha value is -2.62. The number of anilines is 1. The molecular formula is C18H23FN4O4S. The van der Waals surface area contributed by atoms with Gasteiger partial charge in [-0.1, -0.05) is 0 Å². The van der Waals surface area contributed by atoms with Crippen LogP contribution >= 0.6 is 0 Å². The Labute approximate surface area is 163 Å². The summed E-state index contributed by atoms with van der Waals surface area (Å²) in [4.78, 5) is 13.8. The second kappa shape index (κ2) is 7.08. The van der Waals surface area contributed by atoms with Crippen LogP contribution in [0.1, 0.15) is 32.0 Å². The molecule has 1 N–H and O–H groups in total. The van der Waals surface area contributed by atoms with E-state index in [0.29, 0.717) is 18.5 Å². The van der Waals surface area contributed by atoms with Gasteiger partial charge in [0.1, 0.15) is 17.2 Å². The van der Waals surface area contributed by atoms with Crippen molar-refractivity contribution < 1.29 is 22.3 Å². The van der Waals surface area contributed by atoms with Gasteiger partial charge in [0, 0.05) is 25.6 Å². The molecule has 152 valence electrons. The molecule has 0 saturated carbocycles. The number of sulfonamides is 1. The van der Waals surface area contributed by atoms with Crippen molar-refractivity contribution in [3.63, 3.8) is 0 Å². The summed E-state index contributed by atoms with van der Waals surface area (Å²) < 4.78 is 47.8.